The highest BCUT2D eigenvalue weighted by atomic mass is 32.3. The normalized spacial score (nSPS) is 23.0. The number of carbonyl (C=O) groups excluding carboxylic acids is 1. The van der Waals surface area contributed by atoms with Crippen molar-refractivity contribution >= 4 is 35.3 Å². The first-order chi connectivity index (χ1) is 19.1. The average Bonchev–Trinajstić information content (AvgIpc) is 3.59. The molecule has 7 nitrogen and oxygen atoms in total. The van der Waals surface area contributed by atoms with Crippen molar-refractivity contribution in [2.24, 2.45) is 0 Å². The number of rotatable bonds is 9. The Morgan fingerprint density at radius 1 is 1.15 bits per heavy atom. The minimum absolute atomic E-state index is 0.110. The van der Waals surface area contributed by atoms with Crippen LogP contribution in [-0.4, -0.2) is 46.0 Å². The average molecular weight is 576 g/mol. The van der Waals surface area contributed by atoms with Crippen molar-refractivity contribution in [2.75, 3.05) is 5.75 Å². The number of fused-ring (bicyclic) bond motifs is 1. The second-order valence-electron chi connectivity index (χ2n) is 12.2. The summed E-state index contributed by atoms with van der Waals surface area (Å²) in [6.07, 6.45) is 18.7. The number of nitrogens with zero attached hydrogens (tertiary/aromatic N) is 3. The third-order valence-electron chi connectivity index (χ3n) is 8.41. The lowest BCUT2D eigenvalue weighted by Crippen LogP contribution is -2.44. The van der Waals surface area contributed by atoms with Crippen molar-refractivity contribution in [3.05, 3.63) is 87.9 Å². The van der Waals surface area contributed by atoms with Gasteiger partial charge in [-0.05, 0) is 84.2 Å². The minimum Gasteiger partial charge on any atom is -0.414 e. The maximum absolute atomic E-state index is 13.5. The molecule has 3 heterocycles. The van der Waals surface area contributed by atoms with E-state index in [2.05, 4.69) is 82.8 Å². The Labute approximate surface area is 240 Å². The van der Waals surface area contributed by atoms with Crippen LogP contribution in [0.1, 0.15) is 62.6 Å². The van der Waals surface area contributed by atoms with Crippen molar-refractivity contribution in [3.8, 4) is 0 Å². The number of imidazole rings is 1. The van der Waals surface area contributed by atoms with E-state index in [1.54, 1.807) is 18.6 Å². The molecule has 1 aliphatic carbocycles. The summed E-state index contributed by atoms with van der Waals surface area (Å²) < 4.78 is 6.78. The number of aryl methyl sites for hydroxylation is 1. The van der Waals surface area contributed by atoms with Gasteiger partial charge in [-0.1, -0.05) is 32.9 Å². The number of benzene rings is 1. The number of amides is 1. The molecule has 0 saturated heterocycles. The fraction of sp³-hybridized carbons (Fsp3) is 0.419. The fourth-order valence-corrected chi connectivity index (χ4v) is 10.2. The quantitative estimate of drug-likeness (QED) is 0.260. The molecule has 2 atom stereocenters. The SMILES string of the molecule is CC(C)(C)[Si](C)(C)OC1CC=C(S2(CCCc3ncc[nH]3)C=CC=C2NC(=O)c2ccc3nccnc3c2)CC1. The molecule has 9 heteroatoms. The summed E-state index contributed by atoms with van der Waals surface area (Å²) in [4.78, 5) is 31.3. The maximum Gasteiger partial charge on any atom is 0.256 e. The molecule has 212 valence electrons. The van der Waals surface area contributed by atoms with Crippen LogP contribution in [0.3, 0.4) is 0 Å². The Morgan fingerprint density at radius 2 is 1.95 bits per heavy atom. The summed E-state index contributed by atoms with van der Waals surface area (Å²) in [7, 11) is -3.34. The van der Waals surface area contributed by atoms with Crippen LogP contribution in [0.15, 0.2) is 76.6 Å². The van der Waals surface area contributed by atoms with Gasteiger partial charge in [0, 0.05) is 42.9 Å². The van der Waals surface area contributed by atoms with Gasteiger partial charge in [-0.3, -0.25) is 14.8 Å². The summed E-state index contributed by atoms with van der Waals surface area (Å²) in [5.41, 5.74) is 2.08. The third-order valence-corrected chi connectivity index (χ3v) is 16.8. The molecule has 1 aliphatic heterocycles. The number of carbonyl (C=O) groups is 1. The smallest absolute Gasteiger partial charge is 0.256 e. The van der Waals surface area contributed by atoms with E-state index in [0.29, 0.717) is 11.1 Å². The predicted octanol–water partition coefficient (Wildman–Crippen LogP) is 7.35. The molecule has 2 N–H and O–H groups in total. The zero-order valence-electron chi connectivity index (χ0n) is 24.2. The Kier molecular flexibility index (Phi) is 8.17. The van der Waals surface area contributed by atoms with E-state index in [0.717, 1.165) is 54.2 Å². The molecule has 1 amide bonds. The van der Waals surface area contributed by atoms with Gasteiger partial charge in [0.15, 0.2) is 8.32 Å². The number of hydrogen-bond acceptors (Lipinski definition) is 5. The fourth-order valence-electron chi connectivity index (χ4n) is 5.13. The van der Waals surface area contributed by atoms with Crippen LogP contribution in [-0.2, 0) is 10.8 Å². The highest BCUT2D eigenvalue weighted by Crippen LogP contribution is 2.67. The minimum atomic E-state index is -1.83. The van der Waals surface area contributed by atoms with Gasteiger partial charge in [0.05, 0.1) is 16.1 Å². The number of hydrogen-bond donors (Lipinski definition) is 2. The van der Waals surface area contributed by atoms with E-state index in [9.17, 15) is 4.79 Å². The second kappa shape index (κ2) is 11.5. The van der Waals surface area contributed by atoms with E-state index in [-0.39, 0.29) is 17.0 Å². The van der Waals surface area contributed by atoms with Crippen molar-refractivity contribution in [2.45, 2.75) is 77.1 Å². The van der Waals surface area contributed by atoms with E-state index in [1.165, 1.54) is 4.91 Å². The van der Waals surface area contributed by atoms with Crippen molar-refractivity contribution in [1.82, 2.24) is 25.3 Å². The standard InChI is InChI=1S/C31H41N5O2SSi/c1-31(2,3)40(4,5)38-24-11-13-25(14-12-24)39(20-6-8-28-34-18-19-35-28)21-7-9-29(39)36-30(37)23-10-15-26-27(22-23)33-17-16-32-26/h7,9-10,13,15-19,21-22,24H,6,8,11-12,14,20H2,1-5H3,(H,34,35)(H,36,37). The maximum atomic E-state index is 13.5. The number of aromatic amines is 1. The monoisotopic (exact) mass is 575 g/mol. The van der Waals surface area contributed by atoms with Crippen molar-refractivity contribution < 1.29 is 9.22 Å². The van der Waals surface area contributed by atoms with Crippen molar-refractivity contribution in [1.29, 1.82) is 0 Å². The summed E-state index contributed by atoms with van der Waals surface area (Å²) in [6, 6.07) is 5.50. The Morgan fingerprint density at radius 3 is 2.65 bits per heavy atom. The number of aromatic nitrogens is 4. The van der Waals surface area contributed by atoms with Crippen LogP contribution in [0, 0.1) is 0 Å². The molecular formula is C31H41N5O2SSi. The van der Waals surface area contributed by atoms with Gasteiger partial charge < -0.3 is 14.7 Å². The topological polar surface area (TPSA) is 92.8 Å². The number of allylic oxidation sites excluding steroid dienone is 3. The molecule has 3 aromatic rings. The van der Waals surface area contributed by atoms with Crippen LogP contribution in [0.4, 0.5) is 0 Å². The molecule has 0 radical (unpaired) electrons. The first-order valence-electron chi connectivity index (χ1n) is 14.1. The Balaban J connectivity index is 1.37. The summed E-state index contributed by atoms with van der Waals surface area (Å²) in [5, 5.41) is 6.89. The zero-order valence-corrected chi connectivity index (χ0v) is 26.1. The van der Waals surface area contributed by atoms with Gasteiger partial charge >= 0.3 is 0 Å². The molecular weight excluding hydrogens is 535 g/mol. The van der Waals surface area contributed by atoms with Gasteiger partial charge in [-0.25, -0.2) is 4.98 Å². The number of nitrogens with one attached hydrogen (secondary N) is 2. The first kappa shape index (κ1) is 28.5. The van der Waals surface area contributed by atoms with E-state index in [4.69, 9.17) is 4.43 Å². The first-order valence-corrected chi connectivity index (χ1v) is 18.9. The summed E-state index contributed by atoms with van der Waals surface area (Å²) in [6.45, 7) is 11.6. The van der Waals surface area contributed by atoms with Crippen LogP contribution in [0.2, 0.25) is 18.1 Å². The molecule has 40 heavy (non-hydrogen) atoms. The van der Waals surface area contributed by atoms with E-state index in [1.807, 2.05) is 24.4 Å². The zero-order chi connectivity index (χ0) is 28.4. The Bertz CT molecular complexity index is 1460. The van der Waals surface area contributed by atoms with Gasteiger partial charge in [0.1, 0.15) is 5.82 Å². The highest BCUT2D eigenvalue weighted by Gasteiger charge is 2.41. The lowest BCUT2D eigenvalue weighted by Gasteiger charge is -2.44. The number of H-pyrrole nitrogens is 1. The Hall–Kier alpha value is -3.01. The van der Waals surface area contributed by atoms with Crippen LogP contribution in [0.5, 0.6) is 0 Å². The molecule has 0 spiro atoms. The molecule has 0 saturated carbocycles. The lowest BCUT2D eigenvalue weighted by atomic mass is 10.1. The third kappa shape index (κ3) is 6.01. The summed E-state index contributed by atoms with van der Waals surface area (Å²) >= 11 is 0. The van der Waals surface area contributed by atoms with E-state index >= 15 is 0 Å². The van der Waals surface area contributed by atoms with Crippen LogP contribution < -0.4 is 5.32 Å². The molecule has 1 aromatic carbocycles. The summed E-state index contributed by atoms with van der Waals surface area (Å²) in [5.74, 6) is 1.86. The van der Waals surface area contributed by atoms with Crippen LogP contribution in [0.25, 0.3) is 11.0 Å². The second-order valence-corrected chi connectivity index (χ2v) is 20.1. The molecule has 2 aromatic heterocycles. The van der Waals surface area contributed by atoms with Crippen molar-refractivity contribution in [3.63, 3.8) is 0 Å². The molecule has 5 rings (SSSR count). The highest BCUT2D eigenvalue weighted by molar-refractivity contribution is 8.42. The van der Waals surface area contributed by atoms with Gasteiger partial charge in [0.25, 0.3) is 5.91 Å². The molecule has 0 bridgehead atoms. The van der Waals surface area contributed by atoms with Crippen LogP contribution >= 0.6 is 10.0 Å². The molecule has 0 fully saturated rings. The van der Waals surface area contributed by atoms with Gasteiger partial charge in [0.2, 0.25) is 0 Å². The van der Waals surface area contributed by atoms with Gasteiger partial charge in [-0.2, -0.15) is 10.0 Å². The predicted molar refractivity (Wildman–Crippen MR) is 168 cm³/mol. The molecule has 2 aliphatic rings. The largest absolute Gasteiger partial charge is 0.414 e. The molecule has 2 unspecified atom stereocenters. The van der Waals surface area contributed by atoms with Gasteiger partial charge in [-0.15, -0.1) is 0 Å². The lowest BCUT2D eigenvalue weighted by molar-refractivity contribution is 0.0968. The van der Waals surface area contributed by atoms with E-state index < -0.39 is 18.3 Å².